The fraction of sp³-hybridized carbons (Fsp3) is 0.632. The van der Waals surface area contributed by atoms with Gasteiger partial charge >= 0.3 is 0 Å². The number of hydrogen-bond acceptors (Lipinski definition) is 3. The van der Waals surface area contributed by atoms with Gasteiger partial charge in [0.15, 0.2) is 0 Å². The van der Waals surface area contributed by atoms with E-state index in [1.54, 1.807) is 0 Å². The molecule has 1 aliphatic heterocycles. The molecule has 1 heterocycles. The average Bonchev–Trinajstić information content (AvgIpc) is 2.89. The first-order valence-corrected chi connectivity index (χ1v) is 8.50. The first-order chi connectivity index (χ1) is 10.6. The molecule has 0 radical (unpaired) electrons. The second-order valence-electron chi connectivity index (χ2n) is 8.23. The molecular weight excluding hydrogens is 322 g/mol. The van der Waals surface area contributed by atoms with Gasteiger partial charge in [0.05, 0.1) is 6.04 Å². The van der Waals surface area contributed by atoms with Crippen molar-refractivity contribution in [1.82, 2.24) is 4.90 Å². The van der Waals surface area contributed by atoms with E-state index in [0.717, 1.165) is 25.2 Å². The van der Waals surface area contributed by atoms with Gasteiger partial charge in [-0.2, -0.15) is 0 Å². The van der Waals surface area contributed by atoms with E-state index < -0.39 is 0 Å². The van der Waals surface area contributed by atoms with Crippen LogP contribution in [0, 0.1) is 5.41 Å². The summed E-state index contributed by atoms with van der Waals surface area (Å²) in [5.41, 5.74) is 8.24. The van der Waals surface area contributed by atoms with Gasteiger partial charge < -0.3 is 11.1 Å². The lowest BCUT2D eigenvalue weighted by molar-refractivity contribution is -0.120. The molecule has 1 aromatic rings. The molecule has 5 heteroatoms. The SMILES string of the molecule is CC(C(=O)Nc1ccc(C(C)(C)C)cc1)N1CCC(C)(CN)C1.Cl. The van der Waals surface area contributed by atoms with Crippen LogP contribution in [0.15, 0.2) is 24.3 Å². The number of benzene rings is 1. The van der Waals surface area contributed by atoms with Crippen molar-refractivity contribution in [3.63, 3.8) is 0 Å². The Labute approximate surface area is 152 Å². The van der Waals surface area contributed by atoms with Crippen LogP contribution in [0.3, 0.4) is 0 Å². The zero-order valence-electron chi connectivity index (χ0n) is 15.6. The van der Waals surface area contributed by atoms with Crippen molar-refractivity contribution in [2.45, 2.75) is 52.5 Å². The highest BCUT2D eigenvalue weighted by Crippen LogP contribution is 2.30. The Kier molecular flexibility index (Phi) is 6.85. The Bertz CT molecular complexity index is 553. The van der Waals surface area contributed by atoms with Crippen LogP contribution in [0.2, 0.25) is 0 Å². The van der Waals surface area contributed by atoms with Crippen molar-refractivity contribution in [3.05, 3.63) is 29.8 Å². The molecule has 3 N–H and O–H groups in total. The second kappa shape index (κ2) is 7.85. The van der Waals surface area contributed by atoms with Gasteiger partial charge in [-0.05, 0) is 55.0 Å². The molecule has 4 nitrogen and oxygen atoms in total. The minimum atomic E-state index is -0.134. The molecule has 1 fully saturated rings. The van der Waals surface area contributed by atoms with E-state index >= 15 is 0 Å². The lowest BCUT2D eigenvalue weighted by Gasteiger charge is -2.26. The predicted octanol–water partition coefficient (Wildman–Crippen LogP) is 3.40. The summed E-state index contributed by atoms with van der Waals surface area (Å²) in [7, 11) is 0. The summed E-state index contributed by atoms with van der Waals surface area (Å²) in [6, 6.07) is 8.01. The van der Waals surface area contributed by atoms with Gasteiger partial charge in [0, 0.05) is 12.2 Å². The number of carbonyl (C=O) groups excluding carboxylic acids is 1. The highest BCUT2D eigenvalue weighted by Gasteiger charge is 2.36. The van der Waals surface area contributed by atoms with Crippen molar-refractivity contribution in [1.29, 1.82) is 0 Å². The standard InChI is InChI=1S/C19H31N3O.ClH/c1-14(22-11-10-19(5,12-20)13-22)17(23)21-16-8-6-15(7-9-16)18(2,3)4;/h6-9,14H,10-13,20H2,1-5H3,(H,21,23);1H. The van der Waals surface area contributed by atoms with Gasteiger partial charge in [0.25, 0.3) is 0 Å². The third-order valence-electron chi connectivity index (χ3n) is 5.03. The molecule has 0 aromatic heterocycles. The minimum Gasteiger partial charge on any atom is -0.330 e. The number of anilines is 1. The summed E-state index contributed by atoms with van der Waals surface area (Å²) in [4.78, 5) is 14.7. The van der Waals surface area contributed by atoms with Crippen LogP contribution < -0.4 is 11.1 Å². The first-order valence-electron chi connectivity index (χ1n) is 8.50. The molecule has 0 bridgehead atoms. The largest absolute Gasteiger partial charge is 0.330 e. The van der Waals surface area contributed by atoms with Crippen LogP contribution in [-0.2, 0) is 10.2 Å². The van der Waals surface area contributed by atoms with Gasteiger partial charge in [-0.3, -0.25) is 9.69 Å². The smallest absolute Gasteiger partial charge is 0.241 e. The van der Waals surface area contributed by atoms with E-state index in [1.807, 2.05) is 19.1 Å². The van der Waals surface area contributed by atoms with Gasteiger partial charge in [0.2, 0.25) is 5.91 Å². The molecule has 136 valence electrons. The maximum Gasteiger partial charge on any atom is 0.241 e. The summed E-state index contributed by atoms with van der Waals surface area (Å²) in [5.74, 6) is 0.0507. The molecular formula is C19H32ClN3O. The van der Waals surface area contributed by atoms with Crippen LogP contribution in [0.1, 0.15) is 46.6 Å². The van der Waals surface area contributed by atoms with Crippen molar-refractivity contribution >= 4 is 24.0 Å². The monoisotopic (exact) mass is 353 g/mol. The third kappa shape index (κ3) is 4.95. The molecule has 0 saturated carbocycles. The second-order valence-corrected chi connectivity index (χ2v) is 8.23. The Morgan fingerprint density at radius 2 is 1.92 bits per heavy atom. The number of nitrogens with one attached hydrogen (secondary N) is 1. The van der Waals surface area contributed by atoms with Crippen LogP contribution in [-0.4, -0.2) is 36.5 Å². The Balaban J connectivity index is 0.00000288. The number of nitrogens with two attached hydrogens (primary N) is 1. The van der Waals surface area contributed by atoms with E-state index in [2.05, 4.69) is 50.0 Å². The molecule has 0 spiro atoms. The molecule has 1 aliphatic rings. The van der Waals surface area contributed by atoms with Gasteiger partial charge in [0.1, 0.15) is 0 Å². The summed E-state index contributed by atoms with van der Waals surface area (Å²) in [6.07, 6.45) is 1.06. The number of nitrogens with zero attached hydrogens (tertiary/aromatic N) is 1. The molecule has 24 heavy (non-hydrogen) atoms. The number of hydrogen-bond donors (Lipinski definition) is 2. The van der Waals surface area contributed by atoms with Gasteiger partial charge in [-0.15, -0.1) is 12.4 Å². The normalized spacial score (nSPS) is 22.8. The van der Waals surface area contributed by atoms with Crippen molar-refractivity contribution in [2.24, 2.45) is 11.1 Å². The van der Waals surface area contributed by atoms with E-state index in [4.69, 9.17) is 5.73 Å². The van der Waals surface area contributed by atoms with Crippen LogP contribution in [0.25, 0.3) is 0 Å². The van der Waals surface area contributed by atoms with Crippen LogP contribution in [0.4, 0.5) is 5.69 Å². The Morgan fingerprint density at radius 3 is 2.38 bits per heavy atom. The van der Waals surface area contributed by atoms with Crippen molar-refractivity contribution in [3.8, 4) is 0 Å². The molecule has 1 saturated heterocycles. The molecule has 2 atom stereocenters. The fourth-order valence-corrected chi connectivity index (χ4v) is 3.03. The molecule has 2 unspecified atom stereocenters. The van der Waals surface area contributed by atoms with Crippen molar-refractivity contribution < 1.29 is 4.79 Å². The molecule has 2 rings (SSSR count). The topological polar surface area (TPSA) is 58.4 Å². The fourth-order valence-electron chi connectivity index (χ4n) is 3.03. The summed E-state index contributed by atoms with van der Waals surface area (Å²) >= 11 is 0. The summed E-state index contributed by atoms with van der Waals surface area (Å²) in [6.45, 7) is 13.2. The third-order valence-corrected chi connectivity index (χ3v) is 5.03. The predicted molar refractivity (Wildman–Crippen MR) is 104 cm³/mol. The number of rotatable bonds is 4. The minimum absolute atomic E-state index is 0. The number of carbonyl (C=O) groups is 1. The van der Waals surface area contributed by atoms with Gasteiger partial charge in [-0.1, -0.05) is 39.8 Å². The van der Waals surface area contributed by atoms with E-state index in [1.165, 1.54) is 5.56 Å². The lowest BCUT2D eigenvalue weighted by Crippen LogP contribution is -2.42. The van der Waals surface area contributed by atoms with E-state index in [0.29, 0.717) is 6.54 Å². The maximum atomic E-state index is 12.5. The molecule has 1 amide bonds. The number of amides is 1. The quantitative estimate of drug-likeness (QED) is 0.872. The van der Waals surface area contributed by atoms with Crippen molar-refractivity contribution in [2.75, 3.05) is 25.0 Å². The van der Waals surface area contributed by atoms with E-state index in [-0.39, 0.29) is 35.2 Å². The Morgan fingerprint density at radius 1 is 1.33 bits per heavy atom. The molecule has 1 aromatic carbocycles. The zero-order chi connectivity index (χ0) is 17.3. The summed E-state index contributed by atoms with van der Waals surface area (Å²) < 4.78 is 0. The van der Waals surface area contributed by atoms with Crippen LogP contribution >= 0.6 is 12.4 Å². The van der Waals surface area contributed by atoms with Crippen LogP contribution in [0.5, 0.6) is 0 Å². The van der Waals surface area contributed by atoms with Gasteiger partial charge in [-0.25, -0.2) is 0 Å². The number of likely N-dealkylation sites (tertiary alicyclic amines) is 1. The lowest BCUT2D eigenvalue weighted by atomic mass is 9.87. The maximum absolute atomic E-state index is 12.5. The highest BCUT2D eigenvalue weighted by atomic mass is 35.5. The van der Waals surface area contributed by atoms with E-state index in [9.17, 15) is 4.79 Å². The number of halogens is 1. The molecule has 0 aliphatic carbocycles. The Hall–Kier alpha value is -1.10. The zero-order valence-corrected chi connectivity index (χ0v) is 16.4. The first kappa shape index (κ1) is 20.9. The highest BCUT2D eigenvalue weighted by molar-refractivity contribution is 5.94. The average molecular weight is 354 g/mol. The summed E-state index contributed by atoms with van der Waals surface area (Å²) in [5, 5.41) is 3.03.